The lowest BCUT2D eigenvalue weighted by molar-refractivity contribution is -0.135. The molecule has 0 aliphatic carbocycles. The van der Waals surface area contributed by atoms with Crippen LogP contribution >= 0.6 is 0 Å². The van der Waals surface area contributed by atoms with Crippen LogP contribution < -0.4 is 15.1 Å². The first-order valence-electron chi connectivity index (χ1n) is 7.57. The van der Waals surface area contributed by atoms with E-state index in [-0.39, 0.29) is 12.4 Å². The third kappa shape index (κ3) is 2.25. The fraction of sp³-hybridized carbons (Fsp3) is 0.158. The fourth-order valence-electron chi connectivity index (χ4n) is 3.11. The van der Waals surface area contributed by atoms with Crippen LogP contribution in [-0.4, -0.2) is 13.1 Å². The number of methoxy groups -OCH3 is 1. The third-order valence-corrected chi connectivity index (χ3v) is 4.23. The molecule has 120 valence electrons. The van der Waals surface area contributed by atoms with Crippen molar-refractivity contribution in [3.63, 3.8) is 0 Å². The Kier molecular flexibility index (Phi) is 3.34. The number of ether oxygens (including phenoxy) is 2. The minimum absolute atomic E-state index is 0.0866. The van der Waals surface area contributed by atoms with Crippen molar-refractivity contribution in [1.82, 2.24) is 0 Å². The molecule has 0 radical (unpaired) electrons. The molecule has 0 unspecified atom stereocenters. The minimum atomic E-state index is -0.482. The zero-order valence-electron chi connectivity index (χ0n) is 12.9. The van der Waals surface area contributed by atoms with Crippen LogP contribution in [0.15, 0.2) is 57.7 Å². The van der Waals surface area contributed by atoms with Gasteiger partial charge in [-0.05, 0) is 29.8 Å². The number of benzene rings is 2. The van der Waals surface area contributed by atoms with Crippen molar-refractivity contribution in [3.8, 4) is 11.5 Å². The molecule has 1 aliphatic heterocycles. The first-order chi connectivity index (χ1) is 11.7. The molecular weight excluding hydrogens is 308 g/mol. The van der Waals surface area contributed by atoms with Gasteiger partial charge in [-0.1, -0.05) is 24.3 Å². The summed E-state index contributed by atoms with van der Waals surface area (Å²) in [5.74, 6) is 0.173. The van der Waals surface area contributed by atoms with E-state index in [0.29, 0.717) is 28.0 Å². The summed E-state index contributed by atoms with van der Waals surface area (Å²) in [6.07, 6.45) is 0.0866. The molecule has 1 atom stereocenters. The molecule has 0 fully saturated rings. The minimum Gasteiger partial charge on any atom is -0.497 e. The number of hydrogen-bond donors (Lipinski definition) is 0. The normalized spacial score (nSPS) is 16.5. The smallest absolute Gasteiger partial charge is 0.343 e. The number of fused-ring (bicyclic) bond motifs is 3. The van der Waals surface area contributed by atoms with Gasteiger partial charge in [0.25, 0.3) is 0 Å². The summed E-state index contributed by atoms with van der Waals surface area (Å²) < 4.78 is 16.1. The SMILES string of the molecule is COc1cccc([C@@H]2CC(=O)Oc3c2c(=O)oc2ccccc32)c1. The zero-order valence-corrected chi connectivity index (χ0v) is 12.9. The molecule has 0 saturated heterocycles. The molecule has 3 aromatic rings. The zero-order chi connectivity index (χ0) is 16.7. The van der Waals surface area contributed by atoms with Gasteiger partial charge < -0.3 is 13.9 Å². The highest BCUT2D eigenvalue weighted by molar-refractivity contribution is 5.90. The van der Waals surface area contributed by atoms with E-state index in [1.54, 1.807) is 25.3 Å². The summed E-state index contributed by atoms with van der Waals surface area (Å²) in [6, 6.07) is 14.4. The summed E-state index contributed by atoms with van der Waals surface area (Å²) in [7, 11) is 1.57. The fourth-order valence-corrected chi connectivity index (χ4v) is 3.11. The van der Waals surface area contributed by atoms with E-state index in [4.69, 9.17) is 13.9 Å². The van der Waals surface area contributed by atoms with Gasteiger partial charge in [-0.2, -0.15) is 0 Å². The first-order valence-corrected chi connectivity index (χ1v) is 7.57. The Morgan fingerprint density at radius 1 is 1.08 bits per heavy atom. The second-order valence-corrected chi connectivity index (χ2v) is 5.64. The van der Waals surface area contributed by atoms with Crippen LogP contribution in [-0.2, 0) is 4.79 Å². The lowest BCUT2D eigenvalue weighted by Gasteiger charge is -2.24. The van der Waals surface area contributed by atoms with Crippen LogP contribution in [0, 0.1) is 0 Å². The van der Waals surface area contributed by atoms with Gasteiger partial charge in [0.15, 0.2) is 5.75 Å². The van der Waals surface area contributed by atoms with Gasteiger partial charge in [-0.3, -0.25) is 4.79 Å². The molecule has 1 aliphatic rings. The predicted molar refractivity (Wildman–Crippen MR) is 87.6 cm³/mol. The molecule has 0 bridgehead atoms. The molecule has 1 aromatic heterocycles. The summed E-state index contributed by atoms with van der Waals surface area (Å²) in [5.41, 5.74) is 1.11. The summed E-state index contributed by atoms with van der Waals surface area (Å²) in [5, 5.41) is 0.619. The van der Waals surface area contributed by atoms with Crippen molar-refractivity contribution in [1.29, 1.82) is 0 Å². The van der Waals surface area contributed by atoms with Crippen molar-refractivity contribution in [2.24, 2.45) is 0 Å². The number of carbonyl (C=O) groups is 1. The monoisotopic (exact) mass is 322 g/mol. The molecule has 4 rings (SSSR count). The molecule has 0 N–H and O–H groups in total. The van der Waals surface area contributed by atoms with Crippen LogP contribution in [0.25, 0.3) is 11.0 Å². The summed E-state index contributed by atoms with van der Waals surface area (Å²) >= 11 is 0. The number of hydrogen-bond acceptors (Lipinski definition) is 5. The first kappa shape index (κ1) is 14.5. The number of esters is 1. The number of rotatable bonds is 2. The Morgan fingerprint density at radius 3 is 2.75 bits per heavy atom. The highest BCUT2D eigenvalue weighted by Gasteiger charge is 2.33. The lowest BCUT2D eigenvalue weighted by atomic mass is 9.86. The Balaban J connectivity index is 1.98. The molecule has 5 heteroatoms. The molecule has 2 heterocycles. The summed E-state index contributed by atoms with van der Waals surface area (Å²) in [4.78, 5) is 24.7. The largest absolute Gasteiger partial charge is 0.497 e. The van der Waals surface area contributed by atoms with Gasteiger partial charge in [-0.25, -0.2) is 4.79 Å². The van der Waals surface area contributed by atoms with E-state index < -0.39 is 11.5 Å². The number of carbonyl (C=O) groups excluding carboxylic acids is 1. The van der Waals surface area contributed by atoms with Crippen LogP contribution in [0.5, 0.6) is 11.5 Å². The van der Waals surface area contributed by atoms with E-state index >= 15 is 0 Å². The van der Waals surface area contributed by atoms with Gasteiger partial charge >= 0.3 is 11.6 Å². The van der Waals surface area contributed by atoms with Crippen LogP contribution in [0.2, 0.25) is 0 Å². The van der Waals surface area contributed by atoms with Gasteiger partial charge in [0.2, 0.25) is 0 Å². The molecule has 0 saturated carbocycles. The maximum Gasteiger partial charge on any atom is 0.343 e. The van der Waals surface area contributed by atoms with E-state index in [1.165, 1.54) is 0 Å². The molecule has 0 spiro atoms. The second-order valence-electron chi connectivity index (χ2n) is 5.64. The average Bonchev–Trinajstić information content (AvgIpc) is 2.61. The van der Waals surface area contributed by atoms with Gasteiger partial charge in [-0.15, -0.1) is 0 Å². The van der Waals surface area contributed by atoms with E-state index in [2.05, 4.69) is 0 Å². The van der Waals surface area contributed by atoms with E-state index in [0.717, 1.165) is 5.56 Å². The highest BCUT2D eigenvalue weighted by Crippen LogP contribution is 2.41. The van der Waals surface area contributed by atoms with Crippen molar-refractivity contribution in [2.45, 2.75) is 12.3 Å². The molecular formula is C19H14O5. The second kappa shape index (κ2) is 5.53. The van der Waals surface area contributed by atoms with Crippen molar-refractivity contribution < 1.29 is 18.7 Å². The Labute approximate surface area is 137 Å². The Hall–Kier alpha value is -3.08. The Morgan fingerprint density at radius 2 is 1.92 bits per heavy atom. The standard InChI is InChI=1S/C19H14O5/c1-22-12-6-4-5-11(9-12)14-10-16(20)24-18-13-7-2-3-8-15(13)23-19(21)17(14)18/h2-9,14H,10H2,1H3/t14-/m0/s1. The third-order valence-electron chi connectivity index (χ3n) is 4.23. The predicted octanol–water partition coefficient (Wildman–Crippen LogP) is 3.24. The molecule has 24 heavy (non-hydrogen) atoms. The maximum absolute atomic E-state index is 12.5. The number of para-hydroxylation sites is 1. The van der Waals surface area contributed by atoms with Crippen LogP contribution in [0.3, 0.4) is 0 Å². The van der Waals surface area contributed by atoms with Gasteiger partial charge in [0.1, 0.15) is 11.3 Å². The van der Waals surface area contributed by atoms with Crippen LogP contribution in [0.1, 0.15) is 23.5 Å². The lowest BCUT2D eigenvalue weighted by Crippen LogP contribution is -2.26. The van der Waals surface area contributed by atoms with Crippen molar-refractivity contribution in [3.05, 3.63) is 70.1 Å². The molecule has 2 aromatic carbocycles. The highest BCUT2D eigenvalue weighted by atomic mass is 16.5. The van der Waals surface area contributed by atoms with Crippen molar-refractivity contribution >= 4 is 16.9 Å². The van der Waals surface area contributed by atoms with Crippen molar-refractivity contribution in [2.75, 3.05) is 7.11 Å². The molecule has 5 nitrogen and oxygen atoms in total. The van der Waals surface area contributed by atoms with Gasteiger partial charge in [0.05, 0.1) is 24.5 Å². The maximum atomic E-state index is 12.5. The van der Waals surface area contributed by atoms with E-state index in [9.17, 15) is 9.59 Å². The topological polar surface area (TPSA) is 65.7 Å². The average molecular weight is 322 g/mol. The van der Waals surface area contributed by atoms with Crippen LogP contribution in [0.4, 0.5) is 0 Å². The molecule has 0 amide bonds. The summed E-state index contributed by atoms with van der Waals surface area (Å²) in [6.45, 7) is 0. The van der Waals surface area contributed by atoms with Gasteiger partial charge in [0, 0.05) is 5.92 Å². The van der Waals surface area contributed by atoms with E-state index in [1.807, 2.05) is 30.3 Å². The Bertz CT molecular complexity index is 1000. The quantitative estimate of drug-likeness (QED) is 0.535.